The highest BCUT2D eigenvalue weighted by Gasteiger charge is 2.49. The van der Waals surface area contributed by atoms with Crippen LogP contribution in [0.2, 0.25) is 0 Å². The summed E-state index contributed by atoms with van der Waals surface area (Å²) in [6.45, 7) is 15.4. The van der Waals surface area contributed by atoms with Gasteiger partial charge < -0.3 is 16.4 Å². The van der Waals surface area contributed by atoms with Gasteiger partial charge in [0.05, 0.1) is 11.3 Å². The zero-order chi connectivity index (χ0) is 26.1. The monoisotopic (exact) mass is 472 g/mol. The Bertz CT molecular complexity index is 945. The Kier molecular flexibility index (Phi) is 7.98. The van der Waals surface area contributed by atoms with Gasteiger partial charge >= 0.3 is 0 Å². The molecule has 8 heteroatoms. The van der Waals surface area contributed by atoms with E-state index < -0.39 is 22.9 Å². The first-order valence-electron chi connectivity index (χ1n) is 11.8. The summed E-state index contributed by atoms with van der Waals surface area (Å²) in [6.07, 6.45) is 0.361. The van der Waals surface area contributed by atoms with E-state index in [1.165, 1.54) is 4.90 Å². The zero-order valence-electron chi connectivity index (χ0n) is 21.7. The Morgan fingerprint density at radius 2 is 1.59 bits per heavy atom. The van der Waals surface area contributed by atoms with Gasteiger partial charge in [-0.1, -0.05) is 32.9 Å². The lowest BCUT2D eigenvalue weighted by molar-refractivity contribution is -0.160. The van der Waals surface area contributed by atoms with Crippen LogP contribution in [0.25, 0.3) is 0 Å². The number of hydrogen-bond donors (Lipinski definition) is 3. The lowest BCUT2D eigenvalue weighted by Crippen LogP contribution is -2.64. The maximum absolute atomic E-state index is 13.2. The van der Waals surface area contributed by atoms with Crippen LogP contribution in [0.3, 0.4) is 0 Å². The van der Waals surface area contributed by atoms with Crippen LogP contribution in [0.15, 0.2) is 24.3 Å². The third-order valence-corrected chi connectivity index (χ3v) is 7.19. The quantitative estimate of drug-likeness (QED) is 0.502. The Labute approximate surface area is 203 Å². The molecule has 1 heterocycles. The van der Waals surface area contributed by atoms with E-state index in [0.29, 0.717) is 18.5 Å². The molecule has 0 bridgehead atoms. The average molecular weight is 473 g/mol. The molecule has 1 saturated heterocycles. The lowest BCUT2D eigenvalue weighted by Gasteiger charge is -2.45. The molecule has 0 radical (unpaired) electrons. The van der Waals surface area contributed by atoms with E-state index in [2.05, 4.69) is 31.4 Å². The summed E-state index contributed by atoms with van der Waals surface area (Å²) in [5.41, 5.74) is 5.52. The molecule has 1 aliphatic rings. The maximum atomic E-state index is 13.2. The Balaban J connectivity index is 2.08. The number of amides is 4. The van der Waals surface area contributed by atoms with Crippen molar-refractivity contribution in [1.29, 1.82) is 0 Å². The fourth-order valence-electron chi connectivity index (χ4n) is 3.74. The predicted molar refractivity (Wildman–Crippen MR) is 132 cm³/mol. The van der Waals surface area contributed by atoms with E-state index in [9.17, 15) is 19.2 Å². The first-order valence-corrected chi connectivity index (χ1v) is 11.8. The first kappa shape index (κ1) is 27.5. The largest absolute Gasteiger partial charge is 0.350 e. The predicted octanol–water partition coefficient (Wildman–Crippen LogP) is 2.36. The van der Waals surface area contributed by atoms with Crippen LogP contribution in [-0.2, 0) is 19.8 Å². The van der Waals surface area contributed by atoms with E-state index in [0.717, 1.165) is 5.56 Å². The second-order valence-electron chi connectivity index (χ2n) is 11.3. The van der Waals surface area contributed by atoms with Crippen molar-refractivity contribution in [3.63, 3.8) is 0 Å². The van der Waals surface area contributed by atoms with Crippen molar-refractivity contribution in [2.75, 3.05) is 13.1 Å². The number of carbonyl (C=O) groups excluding carboxylic acids is 4. The number of nitrogens with zero attached hydrogens (tertiary/aromatic N) is 1. The minimum atomic E-state index is -1.03. The third-order valence-electron chi connectivity index (χ3n) is 7.19. The van der Waals surface area contributed by atoms with Crippen molar-refractivity contribution in [3.8, 4) is 0 Å². The summed E-state index contributed by atoms with van der Waals surface area (Å²) in [7, 11) is 0. The molecule has 1 aromatic rings. The molecule has 0 saturated carbocycles. The zero-order valence-corrected chi connectivity index (χ0v) is 21.7. The summed E-state index contributed by atoms with van der Waals surface area (Å²) in [6, 6.07) is 6.86. The van der Waals surface area contributed by atoms with Crippen LogP contribution in [0.4, 0.5) is 0 Å². The molecule has 2 atom stereocenters. The van der Waals surface area contributed by atoms with Gasteiger partial charge in [0.2, 0.25) is 17.7 Å². The molecule has 8 nitrogen and oxygen atoms in total. The molecule has 1 aromatic carbocycles. The summed E-state index contributed by atoms with van der Waals surface area (Å²) >= 11 is 0. The van der Waals surface area contributed by atoms with Gasteiger partial charge in [0.15, 0.2) is 0 Å². The molecule has 0 unspecified atom stereocenters. The molecule has 0 spiro atoms. The normalized spacial score (nSPS) is 16.4. The van der Waals surface area contributed by atoms with Crippen LogP contribution < -0.4 is 16.4 Å². The number of imide groups is 1. The summed E-state index contributed by atoms with van der Waals surface area (Å²) in [5, 5.41) is 5.81. The summed E-state index contributed by atoms with van der Waals surface area (Å²) in [4.78, 5) is 51.8. The number of carbonyl (C=O) groups is 4. The Morgan fingerprint density at radius 3 is 2.00 bits per heavy atom. The molecule has 34 heavy (non-hydrogen) atoms. The van der Waals surface area contributed by atoms with Gasteiger partial charge in [-0.3, -0.25) is 24.1 Å². The van der Waals surface area contributed by atoms with Crippen molar-refractivity contribution in [2.24, 2.45) is 17.1 Å². The highest BCUT2D eigenvalue weighted by molar-refractivity contribution is 6.02. The van der Waals surface area contributed by atoms with Crippen LogP contribution in [0.5, 0.6) is 0 Å². The highest BCUT2D eigenvalue weighted by atomic mass is 16.2. The van der Waals surface area contributed by atoms with Gasteiger partial charge in [-0.15, -0.1) is 0 Å². The van der Waals surface area contributed by atoms with Gasteiger partial charge in [-0.25, -0.2) is 0 Å². The van der Waals surface area contributed by atoms with Crippen LogP contribution in [0.1, 0.15) is 77.7 Å². The van der Waals surface area contributed by atoms with Gasteiger partial charge in [0, 0.05) is 36.7 Å². The van der Waals surface area contributed by atoms with Crippen LogP contribution in [-0.4, -0.2) is 53.2 Å². The van der Waals surface area contributed by atoms with E-state index in [4.69, 9.17) is 5.73 Å². The van der Waals surface area contributed by atoms with Crippen molar-refractivity contribution >= 4 is 23.6 Å². The fraction of sp³-hybridized carbons (Fsp3) is 0.615. The molecule has 0 aromatic heterocycles. The van der Waals surface area contributed by atoms with Gasteiger partial charge in [0.1, 0.15) is 0 Å². The summed E-state index contributed by atoms with van der Waals surface area (Å²) in [5.74, 6) is -1.87. The minimum absolute atomic E-state index is 0.0179. The lowest BCUT2D eigenvalue weighted by atomic mass is 9.72. The number of nitrogens with two attached hydrogens (primary N) is 1. The van der Waals surface area contributed by atoms with Crippen LogP contribution >= 0.6 is 0 Å². The van der Waals surface area contributed by atoms with E-state index in [1.807, 2.05) is 12.1 Å². The number of benzene rings is 1. The van der Waals surface area contributed by atoms with E-state index >= 15 is 0 Å². The van der Waals surface area contributed by atoms with Crippen molar-refractivity contribution in [3.05, 3.63) is 35.4 Å². The number of nitrogens with one attached hydrogen (secondary N) is 2. The molecule has 4 amide bonds. The molecule has 1 aliphatic heterocycles. The molecule has 4 N–H and O–H groups in total. The first-order chi connectivity index (χ1) is 15.5. The van der Waals surface area contributed by atoms with Gasteiger partial charge in [0.25, 0.3) is 5.91 Å². The number of likely N-dealkylation sites (tertiary alicyclic amines) is 1. The van der Waals surface area contributed by atoms with Crippen molar-refractivity contribution in [2.45, 2.75) is 78.8 Å². The van der Waals surface area contributed by atoms with E-state index in [-0.39, 0.29) is 35.6 Å². The average Bonchev–Trinajstić information content (AvgIpc) is 2.71. The van der Waals surface area contributed by atoms with Gasteiger partial charge in [-0.2, -0.15) is 0 Å². The molecule has 0 aliphatic carbocycles. The second-order valence-corrected chi connectivity index (χ2v) is 11.3. The Morgan fingerprint density at radius 1 is 1.03 bits per heavy atom. The minimum Gasteiger partial charge on any atom is -0.350 e. The fourth-order valence-corrected chi connectivity index (χ4v) is 3.74. The maximum Gasteiger partial charge on any atom is 0.251 e. The van der Waals surface area contributed by atoms with Gasteiger partial charge in [-0.05, 0) is 57.7 Å². The molecular formula is C26H40N4O4. The molecule has 2 rings (SSSR count). The number of hydrogen-bond acceptors (Lipinski definition) is 5. The van der Waals surface area contributed by atoms with Crippen molar-refractivity contribution < 1.29 is 19.2 Å². The number of β-lactam (4-membered cyclic amide) rings is 1. The number of rotatable bonds is 8. The summed E-state index contributed by atoms with van der Waals surface area (Å²) < 4.78 is 0. The molecule has 188 valence electrons. The highest BCUT2D eigenvalue weighted by Crippen LogP contribution is 2.34. The second kappa shape index (κ2) is 9.86. The van der Waals surface area contributed by atoms with Crippen LogP contribution in [0, 0.1) is 11.3 Å². The molecular weight excluding hydrogens is 432 g/mol. The third kappa shape index (κ3) is 5.66. The smallest absolute Gasteiger partial charge is 0.251 e. The topological polar surface area (TPSA) is 122 Å². The SMILES string of the molecule is C[C@H](NC(=O)c1ccc(C(C)(C)C)cc1)[C@H](CN)C(=O)NC(C)(C)C(C)(C)C(=O)N1CCC1=O. The standard InChI is InChI=1S/C26H40N4O4/c1-16(28-21(32)17-9-11-18(12-10-17)24(2,3)4)19(15-27)22(33)29-26(7,8)25(5,6)23(34)30-14-13-20(30)31/h9-12,16,19H,13-15,27H2,1-8H3,(H,28,32)(H,29,33)/t16-,19-/m0/s1. The Hall–Kier alpha value is -2.74. The molecule has 1 fully saturated rings. The van der Waals surface area contributed by atoms with Crippen molar-refractivity contribution in [1.82, 2.24) is 15.5 Å². The van der Waals surface area contributed by atoms with E-state index in [1.54, 1.807) is 46.8 Å².